The Hall–Kier alpha value is -0.0800. The van der Waals surface area contributed by atoms with Crippen LogP contribution in [0, 0.1) is 0 Å². The Bertz CT molecular complexity index is 136. The van der Waals surface area contributed by atoms with E-state index >= 15 is 0 Å². The van der Waals surface area contributed by atoms with Gasteiger partial charge in [0.05, 0.1) is 6.10 Å². The van der Waals surface area contributed by atoms with Gasteiger partial charge in [-0.1, -0.05) is 32.6 Å². The van der Waals surface area contributed by atoms with E-state index in [1.165, 1.54) is 32.1 Å². The molecular weight excluding hydrogens is 186 g/mol. The maximum Gasteiger partial charge on any atom is 0.0526 e. The SMILES string of the molecule is CCCCCCC(C)NC(C)CC(C)O. The average Bonchev–Trinajstić information content (AvgIpc) is 2.10. The van der Waals surface area contributed by atoms with Gasteiger partial charge in [0, 0.05) is 12.1 Å². The summed E-state index contributed by atoms with van der Waals surface area (Å²) >= 11 is 0. The molecule has 0 saturated heterocycles. The van der Waals surface area contributed by atoms with Crippen molar-refractivity contribution in [1.82, 2.24) is 5.32 Å². The largest absolute Gasteiger partial charge is 0.393 e. The summed E-state index contributed by atoms with van der Waals surface area (Å²) < 4.78 is 0. The number of aliphatic hydroxyl groups excluding tert-OH is 1. The Morgan fingerprint density at radius 1 is 1.00 bits per heavy atom. The fraction of sp³-hybridized carbons (Fsp3) is 1.00. The number of hydrogen-bond acceptors (Lipinski definition) is 2. The predicted molar refractivity (Wildman–Crippen MR) is 67.1 cm³/mol. The molecule has 0 fully saturated rings. The van der Waals surface area contributed by atoms with Crippen LogP contribution < -0.4 is 5.32 Å². The Balaban J connectivity index is 3.42. The van der Waals surface area contributed by atoms with E-state index in [-0.39, 0.29) is 6.10 Å². The Morgan fingerprint density at radius 2 is 1.67 bits per heavy atom. The summed E-state index contributed by atoms with van der Waals surface area (Å²) in [7, 11) is 0. The first kappa shape index (κ1) is 14.9. The zero-order valence-electron chi connectivity index (χ0n) is 10.9. The molecule has 0 aliphatic heterocycles. The summed E-state index contributed by atoms with van der Waals surface area (Å²) in [6.45, 7) is 8.48. The molecule has 0 aliphatic rings. The highest BCUT2D eigenvalue weighted by atomic mass is 16.3. The lowest BCUT2D eigenvalue weighted by Crippen LogP contribution is -2.36. The third-order valence-electron chi connectivity index (χ3n) is 2.75. The van der Waals surface area contributed by atoms with Gasteiger partial charge in [0.2, 0.25) is 0 Å². The first-order valence-corrected chi connectivity index (χ1v) is 6.50. The van der Waals surface area contributed by atoms with Gasteiger partial charge in [-0.3, -0.25) is 0 Å². The van der Waals surface area contributed by atoms with Crippen molar-refractivity contribution in [2.45, 2.75) is 84.4 Å². The van der Waals surface area contributed by atoms with Crippen molar-refractivity contribution in [1.29, 1.82) is 0 Å². The Labute approximate surface area is 95.5 Å². The summed E-state index contributed by atoms with van der Waals surface area (Å²) in [6, 6.07) is 1.00. The highest BCUT2D eigenvalue weighted by molar-refractivity contribution is 4.69. The summed E-state index contributed by atoms with van der Waals surface area (Å²) in [5, 5.41) is 12.8. The van der Waals surface area contributed by atoms with Crippen LogP contribution in [0.1, 0.15) is 66.2 Å². The normalized spacial score (nSPS) is 17.4. The smallest absolute Gasteiger partial charge is 0.0526 e. The fourth-order valence-electron chi connectivity index (χ4n) is 2.03. The minimum Gasteiger partial charge on any atom is -0.393 e. The standard InChI is InChI=1S/C13H29NO/c1-5-6-7-8-9-11(2)14-12(3)10-13(4)15/h11-15H,5-10H2,1-4H3. The van der Waals surface area contributed by atoms with Gasteiger partial charge in [-0.05, 0) is 33.6 Å². The lowest BCUT2D eigenvalue weighted by Gasteiger charge is -2.21. The van der Waals surface area contributed by atoms with E-state index in [0.29, 0.717) is 12.1 Å². The molecule has 0 amide bonds. The molecule has 92 valence electrons. The van der Waals surface area contributed by atoms with Crippen molar-refractivity contribution >= 4 is 0 Å². The molecule has 3 atom stereocenters. The molecule has 0 heterocycles. The topological polar surface area (TPSA) is 32.3 Å². The van der Waals surface area contributed by atoms with Crippen LogP contribution in [0.5, 0.6) is 0 Å². The zero-order chi connectivity index (χ0) is 11.7. The number of rotatable bonds is 9. The highest BCUT2D eigenvalue weighted by Gasteiger charge is 2.09. The summed E-state index contributed by atoms with van der Waals surface area (Å²) in [5.41, 5.74) is 0. The monoisotopic (exact) mass is 215 g/mol. The van der Waals surface area contributed by atoms with Crippen LogP contribution >= 0.6 is 0 Å². The lowest BCUT2D eigenvalue weighted by molar-refractivity contribution is 0.168. The molecule has 0 aromatic carbocycles. The molecule has 2 nitrogen and oxygen atoms in total. The second-order valence-corrected chi connectivity index (χ2v) is 4.90. The molecule has 0 aromatic heterocycles. The summed E-state index contributed by atoms with van der Waals surface area (Å²) in [6.07, 6.45) is 7.25. The van der Waals surface area contributed by atoms with Gasteiger partial charge in [0.25, 0.3) is 0 Å². The predicted octanol–water partition coefficient (Wildman–Crippen LogP) is 3.09. The van der Waals surface area contributed by atoms with Gasteiger partial charge in [-0.15, -0.1) is 0 Å². The van der Waals surface area contributed by atoms with Crippen LogP contribution in [0.25, 0.3) is 0 Å². The van der Waals surface area contributed by atoms with Crippen molar-refractivity contribution < 1.29 is 5.11 Å². The van der Waals surface area contributed by atoms with Crippen molar-refractivity contribution in [3.8, 4) is 0 Å². The van der Waals surface area contributed by atoms with E-state index in [0.717, 1.165) is 6.42 Å². The maximum atomic E-state index is 9.24. The van der Waals surface area contributed by atoms with Gasteiger partial charge in [-0.25, -0.2) is 0 Å². The molecule has 0 aromatic rings. The maximum absolute atomic E-state index is 9.24. The van der Waals surface area contributed by atoms with Gasteiger partial charge < -0.3 is 10.4 Å². The minimum atomic E-state index is -0.195. The molecule has 15 heavy (non-hydrogen) atoms. The average molecular weight is 215 g/mol. The molecule has 0 saturated carbocycles. The van der Waals surface area contributed by atoms with E-state index in [1.54, 1.807) is 0 Å². The Morgan fingerprint density at radius 3 is 2.20 bits per heavy atom. The van der Waals surface area contributed by atoms with Crippen molar-refractivity contribution in [3.63, 3.8) is 0 Å². The molecule has 0 rings (SSSR count). The van der Waals surface area contributed by atoms with Crippen LogP contribution in [0.2, 0.25) is 0 Å². The number of aliphatic hydroxyl groups is 1. The quantitative estimate of drug-likeness (QED) is 0.579. The van der Waals surface area contributed by atoms with Crippen LogP contribution in [0.3, 0.4) is 0 Å². The van der Waals surface area contributed by atoms with E-state index in [2.05, 4.69) is 26.1 Å². The number of unbranched alkanes of at least 4 members (excludes halogenated alkanes) is 3. The molecule has 0 bridgehead atoms. The lowest BCUT2D eigenvalue weighted by atomic mass is 10.1. The van der Waals surface area contributed by atoms with Crippen LogP contribution in [0.15, 0.2) is 0 Å². The second kappa shape index (κ2) is 9.17. The summed E-state index contributed by atoms with van der Waals surface area (Å²) in [4.78, 5) is 0. The molecule has 0 aliphatic carbocycles. The molecule has 2 N–H and O–H groups in total. The van der Waals surface area contributed by atoms with Gasteiger partial charge in [0.1, 0.15) is 0 Å². The van der Waals surface area contributed by atoms with Crippen molar-refractivity contribution in [2.75, 3.05) is 0 Å². The molecule has 0 spiro atoms. The molecule has 2 heteroatoms. The van der Waals surface area contributed by atoms with Crippen LogP contribution in [-0.2, 0) is 0 Å². The van der Waals surface area contributed by atoms with E-state index in [1.807, 2.05) is 6.92 Å². The van der Waals surface area contributed by atoms with Gasteiger partial charge in [0.15, 0.2) is 0 Å². The van der Waals surface area contributed by atoms with Crippen molar-refractivity contribution in [2.24, 2.45) is 0 Å². The first-order chi connectivity index (χ1) is 7.06. The third kappa shape index (κ3) is 10.2. The van der Waals surface area contributed by atoms with Crippen LogP contribution in [-0.4, -0.2) is 23.3 Å². The number of nitrogens with one attached hydrogen (secondary N) is 1. The zero-order valence-corrected chi connectivity index (χ0v) is 10.9. The van der Waals surface area contributed by atoms with Crippen LogP contribution in [0.4, 0.5) is 0 Å². The van der Waals surface area contributed by atoms with Crippen molar-refractivity contribution in [3.05, 3.63) is 0 Å². The fourth-order valence-corrected chi connectivity index (χ4v) is 2.03. The van der Waals surface area contributed by atoms with E-state index in [9.17, 15) is 5.11 Å². The number of hydrogen-bond donors (Lipinski definition) is 2. The molecule has 3 unspecified atom stereocenters. The molecule has 0 radical (unpaired) electrons. The third-order valence-corrected chi connectivity index (χ3v) is 2.75. The van der Waals surface area contributed by atoms with Gasteiger partial charge >= 0.3 is 0 Å². The summed E-state index contributed by atoms with van der Waals surface area (Å²) in [5.74, 6) is 0. The Kier molecular flexibility index (Phi) is 9.12. The second-order valence-electron chi connectivity index (χ2n) is 4.90. The van der Waals surface area contributed by atoms with E-state index in [4.69, 9.17) is 0 Å². The molecular formula is C13H29NO. The first-order valence-electron chi connectivity index (χ1n) is 6.50. The highest BCUT2D eigenvalue weighted by Crippen LogP contribution is 2.07. The van der Waals surface area contributed by atoms with Gasteiger partial charge in [-0.2, -0.15) is 0 Å². The van der Waals surface area contributed by atoms with E-state index < -0.39 is 0 Å². The minimum absolute atomic E-state index is 0.195.